The van der Waals surface area contributed by atoms with Crippen LogP contribution in [0.5, 0.6) is 0 Å². The van der Waals surface area contributed by atoms with Crippen LogP contribution in [-0.2, 0) is 14.3 Å². The highest BCUT2D eigenvalue weighted by Crippen LogP contribution is 2.41. The Morgan fingerprint density at radius 2 is 1.76 bits per heavy atom. The molecule has 4 unspecified atom stereocenters. The van der Waals surface area contributed by atoms with Crippen LogP contribution in [0.15, 0.2) is 49.0 Å². The van der Waals surface area contributed by atoms with Crippen LogP contribution in [0.1, 0.15) is 62.4 Å². The molecule has 8 heteroatoms. The normalized spacial score (nSPS) is 18.1. The van der Waals surface area contributed by atoms with Crippen molar-refractivity contribution in [3.63, 3.8) is 0 Å². The van der Waals surface area contributed by atoms with E-state index in [9.17, 15) is 19.5 Å². The number of hydrogen-bond donors (Lipinski definition) is 3. The van der Waals surface area contributed by atoms with Crippen molar-refractivity contribution in [2.24, 2.45) is 5.92 Å². The number of benzene rings is 2. The van der Waals surface area contributed by atoms with Gasteiger partial charge >= 0.3 is 6.09 Å². The number of alkyl carbamates (subject to hydrolysis) is 1. The fraction of sp³-hybridized carbons (Fsp3) is 0.433. The summed E-state index contributed by atoms with van der Waals surface area (Å²) in [6.07, 6.45) is 1.56. The lowest BCUT2D eigenvalue weighted by molar-refractivity contribution is -0.142. The van der Waals surface area contributed by atoms with Crippen LogP contribution in [0.2, 0.25) is 0 Å². The molecule has 1 saturated carbocycles. The van der Waals surface area contributed by atoms with E-state index >= 15 is 0 Å². The van der Waals surface area contributed by atoms with Crippen LogP contribution in [-0.4, -0.2) is 52.2 Å². The number of anilines is 1. The van der Waals surface area contributed by atoms with Crippen LogP contribution >= 0.6 is 0 Å². The Morgan fingerprint density at radius 1 is 1.16 bits per heavy atom. The van der Waals surface area contributed by atoms with Gasteiger partial charge in [0.05, 0.1) is 6.61 Å². The third-order valence-corrected chi connectivity index (χ3v) is 6.57. The van der Waals surface area contributed by atoms with Crippen molar-refractivity contribution in [3.8, 4) is 0 Å². The van der Waals surface area contributed by atoms with Crippen LogP contribution in [0.25, 0.3) is 6.08 Å². The minimum atomic E-state index is -1.28. The molecular formula is C30H39N3O5. The number of aliphatic hydroxyl groups is 1. The van der Waals surface area contributed by atoms with Gasteiger partial charge in [0.15, 0.2) is 0 Å². The number of carbonyl (C=O) groups is 3. The fourth-order valence-electron chi connectivity index (χ4n) is 4.49. The summed E-state index contributed by atoms with van der Waals surface area (Å²) in [6.45, 7) is 14.1. The van der Waals surface area contributed by atoms with Crippen molar-refractivity contribution < 1.29 is 24.2 Å². The first-order chi connectivity index (χ1) is 17.9. The maximum Gasteiger partial charge on any atom is 0.408 e. The molecule has 204 valence electrons. The first-order valence-electron chi connectivity index (χ1n) is 12.9. The fourth-order valence-corrected chi connectivity index (χ4v) is 4.49. The van der Waals surface area contributed by atoms with Gasteiger partial charge in [-0.05, 0) is 75.3 Å². The second kappa shape index (κ2) is 11.8. The summed E-state index contributed by atoms with van der Waals surface area (Å²) in [4.78, 5) is 42.0. The first-order valence-corrected chi connectivity index (χ1v) is 12.9. The van der Waals surface area contributed by atoms with E-state index in [-0.39, 0.29) is 17.9 Å². The average Bonchev–Trinajstić information content (AvgIpc) is 3.57. The summed E-state index contributed by atoms with van der Waals surface area (Å²) in [5, 5.41) is 15.6. The van der Waals surface area contributed by atoms with Crippen LogP contribution in [0.4, 0.5) is 10.5 Å². The van der Waals surface area contributed by atoms with Crippen LogP contribution in [0, 0.1) is 19.8 Å². The van der Waals surface area contributed by atoms with Crippen molar-refractivity contribution in [2.75, 3.05) is 11.9 Å². The van der Waals surface area contributed by atoms with E-state index in [1.54, 1.807) is 32.9 Å². The van der Waals surface area contributed by atoms with Gasteiger partial charge in [0.2, 0.25) is 5.91 Å². The summed E-state index contributed by atoms with van der Waals surface area (Å²) in [5.41, 5.74) is 3.10. The molecule has 0 spiro atoms. The SMILES string of the molecule is C=Cc1cccc(C(C(=O)Nc2c(C)cccc2C)N(C(=O)C(CO)NC(=O)OC(C)(C)C)C2CC2C)c1. The van der Waals surface area contributed by atoms with Crippen LogP contribution < -0.4 is 10.6 Å². The lowest BCUT2D eigenvalue weighted by Crippen LogP contribution is -2.54. The lowest BCUT2D eigenvalue weighted by atomic mass is 9.99. The third kappa shape index (κ3) is 7.01. The topological polar surface area (TPSA) is 108 Å². The van der Waals surface area contributed by atoms with E-state index in [4.69, 9.17) is 4.74 Å². The Labute approximate surface area is 225 Å². The Kier molecular flexibility index (Phi) is 8.99. The minimum Gasteiger partial charge on any atom is -0.444 e. The maximum atomic E-state index is 14.0. The Bertz CT molecular complexity index is 1180. The van der Waals surface area contributed by atoms with Crippen molar-refractivity contribution in [1.82, 2.24) is 10.2 Å². The standard InChI is InChI=1S/C30H39N3O5/c1-8-21-13-10-14-22(16-21)26(27(35)32-25-18(2)11-9-12-19(25)3)33(24-15-20(24)4)28(36)23(17-34)31-29(37)38-30(5,6)7/h8-14,16,20,23-24,26,34H,1,15,17H2,2-7H3,(H,31,37)(H,32,35). The van der Waals surface area contributed by atoms with E-state index < -0.39 is 36.3 Å². The molecule has 0 bridgehead atoms. The summed E-state index contributed by atoms with van der Waals surface area (Å²) in [6, 6.07) is 10.5. The summed E-state index contributed by atoms with van der Waals surface area (Å²) < 4.78 is 5.30. The Balaban J connectivity index is 2.04. The Hall–Kier alpha value is -3.65. The van der Waals surface area contributed by atoms with Crippen molar-refractivity contribution in [1.29, 1.82) is 0 Å². The highest BCUT2D eigenvalue weighted by Gasteiger charge is 2.48. The second-order valence-electron chi connectivity index (χ2n) is 10.9. The Morgan fingerprint density at radius 3 is 2.29 bits per heavy atom. The summed E-state index contributed by atoms with van der Waals surface area (Å²) in [5.74, 6) is -0.790. The number of rotatable bonds is 9. The molecule has 1 aliphatic rings. The van der Waals surface area contributed by atoms with E-state index in [2.05, 4.69) is 17.2 Å². The molecule has 1 fully saturated rings. The number of aliphatic hydroxyl groups excluding tert-OH is 1. The largest absolute Gasteiger partial charge is 0.444 e. The van der Waals surface area contributed by atoms with Gasteiger partial charge in [-0.2, -0.15) is 0 Å². The van der Waals surface area contributed by atoms with Gasteiger partial charge < -0.3 is 25.4 Å². The van der Waals surface area contributed by atoms with E-state index in [0.717, 1.165) is 16.7 Å². The average molecular weight is 522 g/mol. The number of carbonyl (C=O) groups excluding carboxylic acids is 3. The predicted octanol–water partition coefficient (Wildman–Crippen LogP) is 4.75. The van der Waals surface area contributed by atoms with Crippen molar-refractivity contribution in [3.05, 3.63) is 71.3 Å². The molecule has 1 aliphatic carbocycles. The molecule has 8 nitrogen and oxygen atoms in total. The number of ether oxygens (including phenoxy) is 1. The molecular weight excluding hydrogens is 482 g/mol. The van der Waals surface area contributed by atoms with Gasteiger partial charge in [-0.25, -0.2) is 4.79 Å². The molecule has 0 aromatic heterocycles. The lowest BCUT2D eigenvalue weighted by Gasteiger charge is -2.35. The number of hydrogen-bond acceptors (Lipinski definition) is 5. The molecule has 0 aliphatic heterocycles. The molecule has 3 rings (SSSR count). The van der Waals surface area contributed by atoms with Gasteiger partial charge in [0, 0.05) is 11.7 Å². The van der Waals surface area contributed by atoms with E-state index in [1.165, 1.54) is 4.90 Å². The molecule has 4 atom stereocenters. The van der Waals surface area contributed by atoms with Gasteiger partial charge in [0.25, 0.3) is 5.91 Å². The molecule has 3 amide bonds. The molecule has 3 N–H and O–H groups in total. The quantitative estimate of drug-likeness (QED) is 0.441. The molecule has 0 heterocycles. The van der Waals surface area contributed by atoms with Gasteiger partial charge in [-0.1, -0.05) is 56.0 Å². The first kappa shape index (κ1) is 28.9. The molecule has 2 aromatic rings. The highest BCUT2D eigenvalue weighted by molar-refractivity contribution is 6.00. The van der Waals surface area contributed by atoms with Gasteiger partial charge in [-0.15, -0.1) is 0 Å². The van der Waals surface area contributed by atoms with Crippen molar-refractivity contribution in [2.45, 2.75) is 71.7 Å². The molecule has 0 radical (unpaired) electrons. The third-order valence-electron chi connectivity index (χ3n) is 6.57. The predicted molar refractivity (Wildman–Crippen MR) is 148 cm³/mol. The van der Waals surface area contributed by atoms with Crippen LogP contribution in [0.3, 0.4) is 0 Å². The minimum absolute atomic E-state index is 0.151. The smallest absolute Gasteiger partial charge is 0.408 e. The van der Waals surface area contributed by atoms with Gasteiger partial charge in [0.1, 0.15) is 17.7 Å². The van der Waals surface area contributed by atoms with E-state index in [1.807, 2.05) is 57.2 Å². The maximum absolute atomic E-state index is 14.0. The summed E-state index contributed by atoms with van der Waals surface area (Å²) in [7, 11) is 0. The monoisotopic (exact) mass is 521 g/mol. The summed E-state index contributed by atoms with van der Waals surface area (Å²) >= 11 is 0. The number of para-hydroxylation sites is 1. The highest BCUT2D eigenvalue weighted by atomic mass is 16.6. The molecule has 2 aromatic carbocycles. The van der Waals surface area contributed by atoms with E-state index in [0.29, 0.717) is 17.7 Å². The zero-order valence-electron chi connectivity index (χ0n) is 23.1. The van der Waals surface area contributed by atoms with Crippen molar-refractivity contribution >= 4 is 29.7 Å². The number of aryl methyl sites for hydroxylation is 2. The number of amides is 3. The second-order valence-corrected chi connectivity index (χ2v) is 10.9. The van der Waals surface area contributed by atoms with Gasteiger partial charge in [-0.3, -0.25) is 9.59 Å². The zero-order valence-corrected chi connectivity index (χ0v) is 23.1. The number of nitrogens with one attached hydrogen (secondary N) is 2. The molecule has 38 heavy (non-hydrogen) atoms. The number of nitrogens with zero attached hydrogens (tertiary/aromatic N) is 1. The zero-order chi connectivity index (χ0) is 28.2. The molecule has 0 saturated heterocycles.